The number of nitrogens with zero attached hydrogens (tertiary/aromatic N) is 5. The first-order valence-corrected chi connectivity index (χ1v) is 6.27. The number of anilines is 1. The minimum atomic E-state index is 0.523. The molecule has 0 spiro atoms. The van der Waals surface area contributed by atoms with Crippen molar-refractivity contribution in [2.24, 2.45) is 7.05 Å². The molecule has 0 saturated carbocycles. The number of aromatic nitrogens is 5. The number of imidazole rings is 1. The first-order chi connectivity index (χ1) is 9.20. The van der Waals surface area contributed by atoms with Gasteiger partial charge in [-0.1, -0.05) is 6.92 Å². The van der Waals surface area contributed by atoms with Gasteiger partial charge in [-0.2, -0.15) is 5.10 Å². The van der Waals surface area contributed by atoms with E-state index >= 15 is 0 Å². The molecule has 0 amide bonds. The molecule has 0 aliphatic heterocycles. The Morgan fingerprint density at radius 2 is 2.00 bits per heavy atom. The van der Waals surface area contributed by atoms with Crippen LogP contribution in [0.4, 0.5) is 5.95 Å². The molecule has 0 aromatic carbocycles. The van der Waals surface area contributed by atoms with E-state index in [1.165, 1.54) is 0 Å². The van der Waals surface area contributed by atoms with E-state index < -0.39 is 0 Å². The van der Waals surface area contributed by atoms with Gasteiger partial charge in [0.1, 0.15) is 5.52 Å². The summed E-state index contributed by atoms with van der Waals surface area (Å²) in [6.07, 6.45) is 4.41. The van der Waals surface area contributed by atoms with E-state index in [4.69, 9.17) is 5.73 Å². The van der Waals surface area contributed by atoms with Crippen molar-refractivity contribution in [2.75, 3.05) is 5.73 Å². The molecule has 0 bridgehead atoms. The molecular formula is C13H16N6. The van der Waals surface area contributed by atoms with E-state index in [0.717, 1.165) is 28.8 Å². The normalized spacial score (nSPS) is 11.3. The Morgan fingerprint density at radius 1 is 1.26 bits per heavy atom. The van der Waals surface area contributed by atoms with Crippen molar-refractivity contribution >= 4 is 17.1 Å². The van der Waals surface area contributed by atoms with Crippen molar-refractivity contribution < 1.29 is 0 Å². The summed E-state index contributed by atoms with van der Waals surface area (Å²) in [5.74, 6) is 0.523. The highest BCUT2D eigenvalue weighted by Crippen LogP contribution is 2.22. The lowest BCUT2D eigenvalue weighted by molar-refractivity contribution is 0.719. The fourth-order valence-corrected chi connectivity index (χ4v) is 2.32. The summed E-state index contributed by atoms with van der Waals surface area (Å²) in [5.41, 5.74) is 10.0. The van der Waals surface area contributed by atoms with Crippen LogP contribution < -0.4 is 5.73 Å². The molecule has 6 nitrogen and oxygen atoms in total. The van der Waals surface area contributed by atoms with Gasteiger partial charge in [0.05, 0.1) is 12.2 Å². The van der Waals surface area contributed by atoms with Gasteiger partial charge in [-0.15, -0.1) is 0 Å². The molecule has 3 aromatic heterocycles. The fourth-order valence-electron chi connectivity index (χ4n) is 2.32. The molecule has 0 aliphatic carbocycles. The number of aryl methyl sites for hydroxylation is 2. The van der Waals surface area contributed by atoms with Gasteiger partial charge in [0.15, 0.2) is 5.65 Å². The summed E-state index contributed by atoms with van der Waals surface area (Å²) in [4.78, 5) is 8.46. The number of nitrogen functional groups attached to an aromatic ring is 1. The van der Waals surface area contributed by atoms with Crippen molar-refractivity contribution in [2.45, 2.75) is 19.9 Å². The monoisotopic (exact) mass is 256 g/mol. The largest absolute Gasteiger partial charge is 0.369 e. The van der Waals surface area contributed by atoms with Crippen molar-refractivity contribution in [3.05, 3.63) is 35.8 Å². The Kier molecular flexibility index (Phi) is 2.70. The van der Waals surface area contributed by atoms with Crippen LogP contribution in [0, 0.1) is 0 Å². The smallest absolute Gasteiger partial charge is 0.202 e. The zero-order valence-corrected chi connectivity index (χ0v) is 11.0. The van der Waals surface area contributed by atoms with Crippen LogP contribution in [0.15, 0.2) is 24.5 Å². The highest BCUT2D eigenvalue weighted by atomic mass is 15.3. The maximum atomic E-state index is 6.03. The van der Waals surface area contributed by atoms with Crippen molar-refractivity contribution in [1.82, 2.24) is 24.3 Å². The quantitative estimate of drug-likeness (QED) is 0.767. The molecule has 2 N–H and O–H groups in total. The third-order valence-electron chi connectivity index (χ3n) is 3.25. The zero-order chi connectivity index (χ0) is 13.4. The standard InChI is InChI=1S/C13H16N6/c1-3-10-11-12(18(2)17-10)19(13(14)16-11)8-9-4-6-15-7-5-9/h4-7H,3,8H2,1-2H3,(H2,14,16). The summed E-state index contributed by atoms with van der Waals surface area (Å²) in [7, 11) is 1.92. The van der Waals surface area contributed by atoms with Gasteiger partial charge in [-0.3, -0.25) is 14.2 Å². The molecule has 0 unspecified atom stereocenters. The minimum Gasteiger partial charge on any atom is -0.369 e. The van der Waals surface area contributed by atoms with E-state index in [1.54, 1.807) is 12.4 Å². The summed E-state index contributed by atoms with van der Waals surface area (Å²) >= 11 is 0. The topological polar surface area (TPSA) is 74.6 Å². The predicted molar refractivity (Wildman–Crippen MR) is 73.6 cm³/mol. The summed E-state index contributed by atoms with van der Waals surface area (Å²) in [6, 6.07) is 3.95. The Hall–Kier alpha value is -2.37. The molecule has 0 saturated heterocycles. The van der Waals surface area contributed by atoms with Crippen LogP contribution in [-0.2, 0) is 20.0 Å². The summed E-state index contributed by atoms with van der Waals surface area (Å²) < 4.78 is 3.83. The van der Waals surface area contributed by atoms with Gasteiger partial charge >= 0.3 is 0 Å². The lowest BCUT2D eigenvalue weighted by Gasteiger charge is -2.06. The lowest BCUT2D eigenvalue weighted by Crippen LogP contribution is -2.08. The first-order valence-electron chi connectivity index (χ1n) is 6.27. The van der Waals surface area contributed by atoms with Crippen molar-refractivity contribution in [3.63, 3.8) is 0 Å². The molecule has 98 valence electrons. The van der Waals surface area contributed by atoms with Crippen molar-refractivity contribution in [3.8, 4) is 0 Å². The second-order valence-corrected chi connectivity index (χ2v) is 4.51. The Morgan fingerprint density at radius 3 is 2.68 bits per heavy atom. The Labute approximate surface area is 110 Å². The third kappa shape index (κ3) is 1.85. The van der Waals surface area contributed by atoms with Crippen LogP contribution in [0.25, 0.3) is 11.2 Å². The molecule has 0 aliphatic rings. The second kappa shape index (κ2) is 4.38. The predicted octanol–water partition coefficient (Wildman–Crippen LogP) is 1.36. The third-order valence-corrected chi connectivity index (χ3v) is 3.25. The number of hydrogen-bond donors (Lipinski definition) is 1. The number of hydrogen-bond acceptors (Lipinski definition) is 4. The van der Waals surface area contributed by atoms with E-state index in [1.807, 2.05) is 28.4 Å². The molecule has 3 aromatic rings. The average molecular weight is 256 g/mol. The molecule has 0 fully saturated rings. The van der Waals surface area contributed by atoms with Gasteiger partial charge in [0, 0.05) is 19.4 Å². The first kappa shape index (κ1) is 11.7. The Bertz CT molecular complexity index is 710. The van der Waals surface area contributed by atoms with Gasteiger partial charge < -0.3 is 5.73 Å². The maximum Gasteiger partial charge on any atom is 0.202 e. The van der Waals surface area contributed by atoms with Crippen LogP contribution in [-0.4, -0.2) is 24.3 Å². The van der Waals surface area contributed by atoms with Gasteiger partial charge in [0.25, 0.3) is 0 Å². The second-order valence-electron chi connectivity index (χ2n) is 4.51. The van der Waals surface area contributed by atoms with E-state index in [2.05, 4.69) is 22.0 Å². The van der Waals surface area contributed by atoms with Gasteiger partial charge in [-0.05, 0) is 24.1 Å². The van der Waals surface area contributed by atoms with Gasteiger partial charge in [-0.25, -0.2) is 4.98 Å². The molecule has 0 radical (unpaired) electrons. The maximum absolute atomic E-state index is 6.03. The number of rotatable bonds is 3. The minimum absolute atomic E-state index is 0.523. The average Bonchev–Trinajstić information content (AvgIpc) is 2.90. The number of fused-ring (bicyclic) bond motifs is 1. The van der Waals surface area contributed by atoms with E-state index in [0.29, 0.717) is 12.5 Å². The van der Waals surface area contributed by atoms with Crippen molar-refractivity contribution in [1.29, 1.82) is 0 Å². The lowest BCUT2D eigenvalue weighted by atomic mass is 10.2. The van der Waals surface area contributed by atoms with Gasteiger partial charge in [0.2, 0.25) is 5.95 Å². The van der Waals surface area contributed by atoms with E-state index in [9.17, 15) is 0 Å². The molecule has 19 heavy (non-hydrogen) atoms. The fraction of sp³-hybridized carbons (Fsp3) is 0.308. The number of nitrogens with two attached hydrogens (primary N) is 1. The molecule has 3 rings (SSSR count). The summed E-state index contributed by atoms with van der Waals surface area (Å²) in [5, 5.41) is 4.48. The SMILES string of the molecule is CCc1nn(C)c2c1nc(N)n2Cc1ccncc1. The van der Waals surface area contributed by atoms with Crippen LogP contribution >= 0.6 is 0 Å². The molecule has 6 heteroatoms. The highest BCUT2D eigenvalue weighted by molar-refractivity contribution is 5.77. The van der Waals surface area contributed by atoms with Crippen LogP contribution in [0.3, 0.4) is 0 Å². The zero-order valence-electron chi connectivity index (χ0n) is 11.0. The van der Waals surface area contributed by atoms with E-state index in [-0.39, 0.29) is 0 Å². The van der Waals surface area contributed by atoms with Crippen LogP contribution in [0.1, 0.15) is 18.2 Å². The molecule has 0 atom stereocenters. The van der Waals surface area contributed by atoms with Crippen LogP contribution in [0.2, 0.25) is 0 Å². The summed E-state index contributed by atoms with van der Waals surface area (Å²) in [6.45, 7) is 2.74. The number of pyridine rings is 1. The highest BCUT2D eigenvalue weighted by Gasteiger charge is 2.16. The molecular weight excluding hydrogens is 240 g/mol. The van der Waals surface area contributed by atoms with Crippen LogP contribution in [0.5, 0.6) is 0 Å². The Balaban J connectivity index is 2.13. The molecule has 3 heterocycles.